The van der Waals surface area contributed by atoms with Crippen LogP contribution in [0.5, 0.6) is 0 Å². The Morgan fingerprint density at radius 3 is 1.89 bits per heavy atom. The van der Waals surface area contributed by atoms with Crippen LogP contribution in [-0.4, -0.2) is 0 Å². The molecule has 0 spiro atoms. The van der Waals surface area contributed by atoms with Gasteiger partial charge in [0, 0.05) is 11.1 Å². The molecule has 1 nitrogen and oxygen atoms in total. The first kappa shape index (κ1) is 26.0. The Balaban J connectivity index is 1.31. The second-order valence-corrected chi connectivity index (χ2v) is 13.0. The first-order valence-corrected chi connectivity index (χ1v) is 15.9. The highest BCUT2D eigenvalue weighted by Crippen LogP contribution is 2.53. The van der Waals surface area contributed by atoms with Crippen molar-refractivity contribution in [2.24, 2.45) is 0 Å². The van der Waals surface area contributed by atoms with Gasteiger partial charge in [-0.1, -0.05) is 135 Å². The molecule has 1 unspecified atom stereocenters. The summed E-state index contributed by atoms with van der Waals surface area (Å²) in [7, 11) is 0. The molecule has 1 aliphatic carbocycles. The second kappa shape index (κ2) is 9.81. The van der Waals surface area contributed by atoms with E-state index in [1.54, 1.807) is 0 Å². The van der Waals surface area contributed by atoms with E-state index in [4.69, 9.17) is 0 Å². The SMILES string of the molecule is CC1(C)c2ccccc2-c2c1cc1ccccc1c2C1C=C(c2ccc3ccccc3c2)C=C(c2ccc3ccccc3c2)N1. The summed E-state index contributed by atoms with van der Waals surface area (Å²) in [5.74, 6) is 0. The molecule has 1 aliphatic heterocycles. The minimum Gasteiger partial charge on any atom is -0.374 e. The van der Waals surface area contributed by atoms with E-state index in [1.807, 2.05) is 0 Å². The summed E-state index contributed by atoms with van der Waals surface area (Å²) in [5.41, 5.74) is 11.6. The predicted molar refractivity (Wildman–Crippen MR) is 191 cm³/mol. The van der Waals surface area contributed by atoms with Crippen molar-refractivity contribution in [3.05, 3.63) is 179 Å². The molecule has 0 radical (unpaired) electrons. The average molecular weight is 576 g/mol. The van der Waals surface area contributed by atoms with Crippen LogP contribution in [0.4, 0.5) is 0 Å². The maximum Gasteiger partial charge on any atom is 0.0719 e. The Morgan fingerprint density at radius 2 is 1.13 bits per heavy atom. The molecule has 214 valence electrons. The number of dihydropyridines is 1. The Bertz CT molecular complexity index is 2390. The van der Waals surface area contributed by atoms with Crippen LogP contribution in [0, 0.1) is 0 Å². The summed E-state index contributed by atoms with van der Waals surface area (Å²) >= 11 is 0. The monoisotopic (exact) mass is 575 g/mol. The largest absolute Gasteiger partial charge is 0.374 e. The van der Waals surface area contributed by atoms with Crippen molar-refractivity contribution in [3.8, 4) is 11.1 Å². The van der Waals surface area contributed by atoms with Crippen molar-refractivity contribution in [2.75, 3.05) is 0 Å². The minimum absolute atomic E-state index is 0.0280. The van der Waals surface area contributed by atoms with E-state index in [0.29, 0.717) is 0 Å². The fourth-order valence-electron chi connectivity index (χ4n) is 7.73. The van der Waals surface area contributed by atoms with Gasteiger partial charge in [-0.2, -0.15) is 0 Å². The number of nitrogens with one attached hydrogen (secondary N) is 1. The standard InChI is InChI=1S/C44H33N/c1-44(2)38-18-10-9-17-37(38)42-39(44)25-33-15-7-8-16-36(33)43(42)41-27-35(32-21-19-28-11-3-5-13-30(28)23-32)26-40(45-41)34-22-20-29-12-4-6-14-31(29)24-34/h3-27,41,45H,1-2H3. The third-order valence-electron chi connectivity index (χ3n) is 10.0. The molecule has 1 N–H and O–H groups in total. The second-order valence-electron chi connectivity index (χ2n) is 13.0. The van der Waals surface area contributed by atoms with Gasteiger partial charge < -0.3 is 5.32 Å². The van der Waals surface area contributed by atoms with Gasteiger partial charge in [0.05, 0.1) is 6.04 Å². The van der Waals surface area contributed by atoms with Gasteiger partial charge in [-0.25, -0.2) is 0 Å². The molecule has 0 bridgehead atoms. The highest BCUT2D eigenvalue weighted by atomic mass is 14.9. The Morgan fingerprint density at radius 1 is 0.533 bits per heavy atom. The van der Waals surface area contributed by atoms with Crippen LogP contribution in [0.15, 0.2) is 152 Å². The lowest BCUT2D eigenvalue weighted by molar-refractivity contribution is 0.660. The molecule has 0 amide bonds. The number of allylic oxidation sites excluding steroid dienone is 2. The third-order valence-corrected chi connectivity index (χ3v) is 10.0. The highest BCUT2D eigenvalue weighted by molar-refractivity contribution is 6.00. The quantitative estimate of drug-likeness (QED) is 0.221. The zero-order valence-corrected chi connectivity index (χ0v) is 25.5. The molecule has 2 aliphatic rings. The van der Waals surface area contributed by atoms with Gasteiger partial charge in [-0.15, -0.1) is 0 Å². The van der Waals surface area contributed by atoms with Gasteiger partial charge in [0.1, 0.15) is 0 Å². The molecular formula is C44H33N. The van der Waals surface area contributed by atoms with E-state index in [2.05, 4.69) is 171 Å². The van der Waals surface area contributed by atoms with E-state index in [1.165, 1.54) is 76.8 Å². The molecular weight excluding hydrogens is 542 g/mol. The van der Waals surface area contributed by atoms with Gasteiger partial charge in [-0.05, 0) is 107 Å². The molecule has 0 fully saturated rings. The summed E-state index contributed by atoms with van der Waals surface area (Å²) in [5, 5.41) is 11.7. The fraction of sp³-hybridized carbons (Fsp3) is 0.0909. The molecule has 7 aromatic rings. The van der Waals surface area contributed by atoms with Crippen LogP contribution >= 0.6 is 0 Å². The smallest absolute Gasteiger partial charge is 0.0719 e. The zero-order chi connectivity index (χ0) is 30.1. The van der Waals surface area contributed by atoms with Crippen LogP contribution in [0.1, 0.15) is 47.7 Å². The molecule has 1 atom stereocenters. The van der Waals surface area contributed by atoms with Crippen molar-refractivity contribution in [2.45, 2.75) is 25.3 Å². The van der Waals surface area contributed by atoms with Crippen LogP contribution in [-0.2, 0) is 5.41 Å². The maximum absolute atomic E-state index is 4.05. The minimum atomic E-state index is -0.0821. The normalized spacial score (nSPS) is 16.6. The van der Waals surface area contributed by atoms with E-state index in [-0.39, 0.29) is 11.5 Å². The molecule has 9 rings (SSSR count). The molecule has 1 heteroatoms. The number of hydrogen-bond donors (Lipinski definition) is 1. The lowest BCUT2D eigenvalue weighted by Crippen LogP contribution is -2.23. The van der Waals surface area contributed by atoms with Gasteiger partial charge in [0.25, 0.3) is 0 Å². The van der Waals surface area contributed by atoms with E-state index in [9.17, 15) is 0 Å². The lowest BCUT2D eigenvalue weighted by Gasteiger charge is -2.29. The number of fused-ring (bicyclic) bond motifs is 6. The van der Waals surface area contributed by atoms with Crippen LogP contribution < -0.4 is 5.32 Å². The Kier molecular flexibility index (Phi) is 5.67. The third kappa shape index (κ3) is 4.08. The van der Waals surface area contributed by atoms with E-state index >= 15 is 0 Å². The topological polar surface area (TPSA) is 12.0 Å². The Labute approximate surface area is 264 Å². The maximum atomic E-state index is 4.05. The zero-order valence-electron chi connectivity index (χ0n) is 25.5. The van der Waals surface area contributed by atoms with Crippen molar-refractivity contribution in [1.29, 1.82) is 0 Å². The summed E-state index contributed by atoms with van der Waals surface area (Å²) in [6, 6.07) is 51.3. The summed E-state index contributed by atoms with van der Waals surface area (Å²) in [4.78, 5) is 0. The first-order chi connectivity index (χ1) is 22.0. The van der Waals surface area contributed by atoms with Crippen LogP contribution in [0.25, 0.3) is 54.7 Å². The van der Waals surface area contributed by atoms with Crippen LogP contribution in [0.3, 0.4) is 0 Å². The molecule has 0 saturated heterocycles. The lowest BCUT2D eigenvalue weighted by atomic mass is 9.80. The fourth-order valence-corrected chi connectivity index (χ4v) is 7.73. The van der Waals surface area contributed by atoms with Crippen molar-refractivity contribution < 1.29 is 0 Å². The summed E-state index contributed by atoms with van der Waals surface area (Å²) < 4.78 is 0. The van der Waals surface area contributed by atoms with Crippen molar-refractivity contribution >= 4 is 43.6 Å². The average Bonchev–Trinajstić information content (AvgIpc) is 3.32. The van der Waals surface area contributed by atoms with Crippen molar-refractivity contribution in [3.63, 3.8) is 0 Å². The van der Waals surface area contributed by atoms with Gasteiger partial charge >= 0.3 is 0 Å². The number of hydrogen-bond acceptors (Lipinski definition) is 1. The first-order valence-electron chi connectivity index (χ1n) is 15.9. The van der Waals surface area contributed by atoms with E-state index < -0.39 is 0 Å². The predicted octanol–water partition coefficient (Wildman–Crippen LogP) is 11.2. The van der Waals surface area contributed by atoms with E-state index in [0.717, 1.165) is 5.70 Å². The van der Waals surface area contributed by atoms with Gasteiger partial charge in [0.15, 0.2) is 0 Å². The molecule has 0 aromatic heterocycles. The molecule has 7 aromatic carbocycles. The van der Waals surface area contributed by atoms with Crippen LogP contribution in [0.2, 0.25) is 0 Å². The summed E-state index contributed by atoms with van der Waals surface area (Å²) in [6.07, 6.45) is 4.79. The molecule has 0 saturated carbocycles. The Hall–Kier alpha value is -5.40. The molecule has 1 heterocycles. The highest BCUT2D eigenvalue weighted by Gasteiger charge is 2.39. The number of rotatable bonds is 3. The van der Waals surface area contributed by atoms with Gasteiger partial charge in [-0.3, -0.25) is 0 Å². The number of benzene rings is 7. The van der Waals surface area contributed by atoms with Crippen molar-refractivity contribution in [1.82, 2.24) is 5.32 Å². The summed E-state index contributed by atoms with van der Waals surface area (Å²) in [6.45, 7) is 4.75. The van der Waals surface area contributed by atoms with Gasteiger partial charge in [0.2, 0.25) is 0 Å². The molecule has 45 heavy (non-hydrogen) atoms.